The quantitative estimate of drug-likeness (QED) is 0.831. The van der Waals surface area contributed by atoms with E-state index in [4.69, 9.17) is 0 Å². The molecular weight excluding hydrogens is 312 g/mol. The molecule has 1 aromatic carbocycles. The van der Waals surface area contributed by atoms with Gasteiger partial charge in [-0.25, -0.2) is 8.42 Å². The molecule has 0 bridgehead atoms. The third-order valence-corrected chi connectivity index (χ3v) is 6.12. The van der Waals surface area contributed by atoms with Crippen LogP contribution in [0.25, 0.3) is 0 Å². The van der Waals surface area contributed by atoms with Crippen LogP contribution >= 0.6 is 0 Å². The van der Waals surface area contributed by atoms with E-state index in [2.05, 4.69) is 5.32 Å². The van der Waals surface area contributed by atoms with Crippen LogP contribution in [0.5, 0.6) is 0 Å². The third-order valence-electron chi connectivity index (χ3n) is 4.20. The minimum Gasteiger partial charge on any atom is -0.355 e. The highest BCUT2D eigenvalue weighted by Gasteiger charge is 2.33. The summed E-state index contributed by atoms with van der Waals surface area (Å²) in [5.74, 6) is -0.225. The summed E-state index contributed by atoms with van der Waals surface area (Å²) in [7, 11) is -3.65. The van der Waals surface area contributed by atoms with Crippen molar-refractivity contribution in [1.29, 1.82) is 0 Å². The Kier molecular flexibility index (Phi) is 6.59. The van der Waals surface area contributed by atoms with Gasteiger partial charge in [0.15, 0.2) is 0 Å². The minimum absolute atomic E-state index is 0.0821. The van der Waals surface area contributed by atoms with Crippen LogP contribution in [0.4, 0.5) is 0 Å². The maximum Gasteiger partial charge on any atom is 0.243 e. The fraction of sp³-hybridized carbons (Fsp3) is 0.588. The molecule has 0 aromatic heterocycles. The van der Waals surface area contributed by atoms with Crippen LogP contribution in [-0.4, -0.2) is 37.8 Å². The van der Waals surface area contributed by atoms with E-state index in [-0.39, 0.29) is 23.4 Å². The third kappa shape index (κ3) is 4.78. The zero-order valence-corrected chi connectivity index (χ0v) is 14.5. The van der Waals surface area contributed by atoms with Crippen molar-refractivity contribution in [1.82, 2.24) is 9.62 Å². The van der Waals surface area contributed by atoms with Gasteiger partial charge in [-0.15, -0.1) is 0 Å². The maximum atomic E-state index is 13.0. The molecule has 0 heterocycles. The first kappa shape index (κ1) is 17.9. The highest BCUT2D eigenvalue weighted by molar-refractivity contribution is 7.89. The molecule has 1 aliphatic rings. The summed E-state index contributed by atoms with van der Waals surface area (Å²) in [6.45, 7) is 2.45. The molecule has 0 atom stereocenters. The second-order valence-electron chi connectivity index (χ2n) is 6.01. The number of sulfonamides is 1. The van der Waals surface area contributed by atoms with Gasteiger partial charge < -0.3 is 5.32 Å². The maximum absolute atomic E-state index is 13.0. The average Bonchev–Trinajstić information content (AvgIpc) is 2.59. The van der Waals surface area contributed by atoms with E-state index in [9.17, 15) is 13.2 Å². The van der Waals surface area contributed by atoms with Crippen molar-refractivity contribution in [3.8, 4) is 0 Å². The Bertz CT molecular complexity index is 596. The number of hydrogen-bond donors (Lipinski definition) is 1. The number of benzene rings is 1. The predicted molar refractivity (Wildman–Crippen MR) is 90.5 cm³/mol. The Labute approximate surface area is 139 Å². The highest BCUT2D eigenvalue weighted by atomic mass is 32.2. The lowest BCUT2D eigenvalue weighted by Gasteiger charge is -2.33. The van der Waals surface area contributed by atoms with Gasteiger partial charge in [0.1, 0.15) is 0 Å². The second-order valence-corrected chi connectivity index (χ2v) is 7.90. The Balaban J connectivity index is 2.23. The summed E-state index contributed by atoms with van der Waals surface area (Å²) in [5.41, 5.74) is 0. The van der Waals surface area contributed by atoms with Gasteiger partial charge in [0.2, 0.25) is 15.9 Å². The molecule has 5 nitrogen and oxygen atoms in total. The van der Waals surface area contributed by atoms with E-state index in [0.717, 1.165) is 38.5 Å². The first-order valence-electron chi connectivity index (χ1n) is 8.39. The van der Waals surface area contributed by atoms with Gasteiger partial charge in [-0.05, 0) is 31.4 Å². The molecule has 6 heteroatoms. The van der Waals surface area contributed by atoms with Crippen molar-refractivity contribution in [3.63, 3.8) is 0 Å². The van der Waals surface area contributed by atoms with Crippen LogP contribution < -0.4 is 5.32 Å². The molecule has 1 amide bonds. The monoisotopic (exact) mass is 338 g/mol. The van der Waals surface area contributed by atoms with E-state index >= 15 is 0 Å². The van der Waals surface area contributed by atoms with Gasteiger partial charge in [0.25, 0.3) is 0 Å². The van der Waals surface area contributed by atoms with Crippen LogP contribution in [0.3, 0.4) is 0 Å². The average molecular weight is 338 g/mol. The SMILES string of the molecule is CCCNC(=O)CN(C1CCCCC1)S(=O)(=O)c1ccccc1. The van der Waals surface area contributed by atoms with Gasteiger partial charge >= 0.3 is 0 Å². The molecule has 0 radical (unpaired) electrons. The molecule has 1 N–H and O–H groups in total. The molecule has 128 valence electrons. The molecule has 0 spiro atoms. The van der Waals surface area contributed by atoms with Crippen molar-refractivity contribution in [2.75, 3.05) is 13.1 Å². The Morgan fingerprint density at radius 3 is 2.43 bits per heavy atom. The van der Waals surface area contributed by atoms with Crippen molar-refractivity contribution < 1.29 is 13.2 Å². The molecule has 1 aromatic rings. The zero-order valence-electron chi connectivity index (χ0n) is 13.7. The summed E-state index contributed by atoms with van der Waals surface area (Å²) in [6.07, 6.45) is 5.66. The molecule has 0 unspecified atom stereocenters. The lowest BCUT2D eigenvalue weighted by atomic mass is 9.95. The summed E-state index contributed by atoms with van der Waals surface area (Å²) in [6, 6.07) is 8.32. The molecule has 1 aliphatic carbocycles. The number of carbonyl (C=O) groups excluding carboxylic acids is 1. The van der Waals surface area contributed by atoms with Gasteiger partial charge in [0, 0.05) is 12.6 Å². The number of amides is 1. The van der Waals surface area contributed by atoms with Crippen molar-refractivity contribution >= 4 is 15.9 Å². The van der Waals surface area contributed by atoms with Gasteiger partial charge in [-0.2, -0.15) is 4.31 Å². The molecule has 0 saturated heterocycles. The van der Waals surface area contributed by atoms with Gasteiger partial charge in [0.05, 0.1) is 11.4 Å². The predicted octanol–water partition coefficient (Wildman–Crippen LogP) is 2.54. The second kappa shape index (κ2) is 8.45. The highest BCUT2D eigenvalue weighted by Crippen LogP contribution is 2.27. The fourth-order valence-corrected chi connectivity index (χ4v) is 4.63. The van der Waals surface area contributed by atoms with E-state index in [1.165, 1.54) is 4.31 Å². The number of rotatable bonds is 7. The number of hydrogen-bond acceptors (Lipinski definition) is 3. The Morgan fingerprint density at radius 1 is 1.17 bits per heavy atom. The summed E-state index contributed by atoms with van der Waals surface area (Å²) in [4.78, 5) is 12.4. The van der Waals surface area contributed by atoms with Crippen LogP contribution in [0.15, 0.2) is 35.2 Å². The smallest absolute Gasteiger partial charge is 0.243 e. The van der Waals surface area contributed by atoms with Crippen LogP contribution in [0.2, 0.25) is 0 Å². The first-order valence-corrected chi connectivity index (χ1v) is 9.83. The van der Waals surface area contributed by atoms with E-state index in [1.807, 2.05) is 6.92 Å². The molecule has 0 aliphatic heterocycles. The van der Waals surface area contributed by atoms with E-state index in [0.29, 0.717) is 6.54 Å². The Hall–Kier alpha value is -1.40. The van der Waals surface area contributed by atoms with Crippen LogP contribution in [0, 0.1) is 0 Å². The fourth-order valence-electron chi connectivity index (χ4n) is 2.97. The lowest BCUT2D eigenvalue weighted by molar-refractivity contribution is -0.121. The van der Waals surface area contributed by atoms with Gasteiger partial charge in [-0.1, -0.05) is 44.4 Å². The van der Waals surface area contributed by atoms with E-state index < -0.39 is 10.0 Å². The topological polar surface area (TPSA) is 66.5 Å². The largest absolute Gasteiger partial charge is 0.355 e. The minimum atomic E-state index is -3.65. The molecule has 1 fully saturated rings. The van der Waals surface area contributed by atoms with Crippen molar-refractivity contribution in [2.24, 2.45) is 0 Å². The zero-order chi connectivity index (χ0) is 16.7. The molecular formula is C17H26N2O3S. The standard InChI is InChI=1S/C17H26N2O3S/c1-2-13-18-17(20)14-19(15-9-5-3-6-10-15)23(21,22)16-11-7-4-8-12-16/h4,7-8,11-12,15H,2-3,5-6,9-10,13-14H2,1H3,(H,18,20). The lowest BCUT2D eigenvalue weighted by Crippen LogP contribution is -2.47. The number of carbonyl (C=O) groups is 1. The molecule has 23 heavy (non-hydrogen) atoms. The molecule has 2 rings (SSSR count). The number of nitrogens with one attached hydrogen (secondary N) is 1. The summed E-state index contributed by atoms with van der Waals surface area (Å²) >= 11 is 0. The summed E-state index contributed by atoms with van der Waals surface area (Å²) < 4.78 is 27.4. The Morgan fingerprint density at radius 2 is 1.83 bits per heavy atom. The summed E-state index contributed by atoms with van der Waals surface area (Å²) in [5, 5.41) is 2.78. The van der Waals surface area contributed by atoms with Gasteiger partial charge in [-0.3, -0.25) is 4.79 Å². The van der Waals surface area contributed by atoms with E-state index in [1.54, 1.807) is 30.3 Å². The van der Waals surface area contributed by atoms with Crippen molar-refractivity contribution in [2.45, 2.75) is 56.4 Å². The first-order chi connectivity index (χ1) is 11.1. The normalized spacial score (nSPS) is 16.4. The van der Waals surface area contributed by atoms with Crippen molar-refractivity contribution in [3.05, 3.63) is 30.3 Å². The van der Waals surface area contributed by atoms with Crippen LogP contribution in [0.1, 0.15) is 45.4 Å². The number of nitrogens with zero attached hydrogens (tertiary/aromatic N) is 1. The van der Waals surface area contributed by atoms with Crippen LogP contribution in [-0.2, 0) is 14.8 Å². The molecule has 1 saturated carbocycles.